The molecule has 15 heavy (non-hydrogen) atoms. The van der Waals surface area contributed by atoms with E-state index in [9.17, 15) is 0 Å². The molecule has 0 aromatic carbocycles. The van der Waals surface area contributed by atoms with Gasteiger partial charge in [-0.3, -0.25) is 0 Å². The lowest BCUT2D eigenvalue weighted by molar-refractivity contribution is 0.215. The predicted molar refractivity (Wildman–Crippen MR) is 58.0 cm³/mol. The first kappa shape index (κ1) is 9.98. The molecule has 1 unspecified atom stereocenters. The van der Waals surface area contributed by atoms with Gasteiger partial charge in [-0.1, -0.05) is 0 Å². The third-order valence-electron chi connectivity index (χ3n) is 2.15. The standard InChI is InChI=1S/C11H14N2O2/c1-8(7-12-2)15-11-9-4-6-14-10(9)3-5-13-11/h3-6,8,12H,7H2,1-2H3. The van der Waals surface area contributed by atoms with Gasteiger partial charge in [0.15, 0.2) is 0 Å². The largest absolute Gasteiger partial charge is 0.473 e. The molecule has 2 aromatic heterocycles. The molecule has 0 aliphatic rings. The lowest BCUT2D eigenvalue weighted by Gasteiger charge is -2.13. The van der Waals surface area contributed by atoms with Crippen molar-refractivity contribution in [2.24, 2.45) is 0 Å². The first-order valence-electron chi connectivity index (χ1n) is 4.94. The van der Waals surface area contributed by atoms with Crippen molar-refractivity contribution in [3.63, 3.8) is 0 Å². The lowest BCUT2D eigenvalue weighted by atomic mass is 10.3. The molecule has 2 rings (SSSR count). The summed E-state index contributed by atoms with van der Waals surface area (Å²) in [4.78, 5) is 4.19. The van der Waals surface area contributed by atoms with Crippen LogP contribution in [0.15, 0.2) is 29.0 Å². The zero-order chi connectivity index (χ0) is 10.7. The number of pyridine rings is 1. The van der Waals surface area contributed by atoms with Crippen molar-refractivity contribution in [1.82, 2.24) is 10.3 Å². The molecule has 0 saturated carbocycles. The second kappa shape index (κ2) is 4.31. The van der Waals surface area contributed by atoms with E-state index < -0.39 is 0 Å². The molecule has 2 aromatic rings. The predicted octanol–water partition coefficient (Wildman–Crippen LogP) is 1.81. The molecule has 2 heterocycles. The number of nitrogens with zero attached hydrogens (tertiary/aromatic N) is 1. The highest BCUT2D eigenvalue weighted by Crippen LogP contribution is 2.24. The highest BCUT2D eigenvalue weighted by molar-refractivity contribution is 5.81. The zero-order valence-electron chi connectivity index (χ0n) is 8.86. The molecule has 4 heteroatoms. The van der Waals surface area contributed by atoms with Gasteiger partial charge in [-0.25, -0.2) is 4.98 Å². The van der Waals surface area contributed by atoms with Gasteiger partial charge in [0.1, 0.15) is 11.7 Å². The van der Waals surface area contributed by atoms with Crippen molar-refractivity contribution in [2.45, 2.75) is 13.0 Å². The average Bonchev–Trinajstić information content (AvgIpc) is 2.67. The van der Waals surface area contributed by atoms with Crippen LogP contribution in [-0.2, 0) is 0 Å². The Labute approximate surface area is 88.3 Å². The van der Waals surface area contributed by atoms with Crippen LogP contribution in [0.5, 0.6) is 5.88 Å². The second-order valence-corrected chi connectivity index (χ2v) is 3.43. The Balaban J connectivity index is 2.23. The molecule has 80 valence electrons. The zero-order valence-corrected chi connectivity index (χ0v) is 8.86. The van der Waals surface area contributed by atoms with E-state index in [1.54, 1.807) is 12.5 Å². The van der Waals surface area contributed by atoms with Crippen LogP contribution in [0.2, 0.25) is 0 Å². The first-order chi connectivity index (χ1) is 7.31. The quantitative estimate of drug-likeness (QED) is 0.828. The van der Waals surface area contributed by atoms with Gasteiger partial charge < -0.3 is 14.5 Å². The highest BCUT2D eigenvalue weighted by atomic mass is 16.5. The van der Waals surface area contributed by atoms with Crippen LogP contribution in [0.1, 0.15) is 6.92 Å². The molecular weight excluding hydrogens is 192 g/mol. The number of fused-ring (bicyclic) bond motifs is 1. The number of likely N-dealkylation sites (N-methyl/N-ethyl adjacent to an activating group) is 1. The molecule has 0 amide bonds. The molecule has 0 bridgehead atoms. The van der Waals surface area contributed by atoms with Crippen LogP contribution in [-0.4, -0.2) is 24.7 Å². The van der Waals surface area contributed by atoms with Crippen LogP contribution in [0.4, 0.5) is 0 Å². The summed E-state index contributed by atoms with van der Waals surface area (Å²) >= 11 is 0. The Morgan fingerprint density at radius 3 is 3.20 bits per heavy atom. The first-order valence-corrected chi connectivity index (χ1v) is 4.94. The number of hydrogen-bond donors (Lipinski definition) is 1. The van der Waals surface area contributed by atoms with E-state index in [1.165, 1.54) is 0 Å². The number of aromatic nitrogens is 1. The minimum absolute atomic E-state index is 0.0861. The SMILES string of the molecule is CNCC(C)Oc1nccc2occc12. The van der Waals surface area contributed by atoms with Gasteiger partial charge in [-0.15, -0.1) is 0 Å². The van der Waals surface area contributed by atoms with Gasteiger partial charge in [0.2, 0.25) is 5.88 Å². The molecule has 0 radical (unpaired) electrons. The summed E-state index contributed by atoms with van der Waals surface area (Å²) in [7, 11) is 1.89. The number of hydrogen-bond acceptors (Lipinski definition) is 4. The summed E-state index contributed by atoms with van der Waals surface area (Å²) in [6, 6.07) is 3.69. The summed E-state index contributed by atoms with van der Waals surface area (Å²) in [5, 5.41) is 3.97. The second-order valence-electron chi connectivity index (χ2n) is 3.43. The molecule has 0 fully saturated rings. The minimum atomic E-state index is 0.0861. The fourth-order valence-corrected chi connectivity index (χ4v) is 1.48. The summed E-state index contributed by atoms with van der Waals surface area (Å²) in [6.07, 6.45) is 3.41. The van der Waals surface area contributed by atoms with E-state index in [0.29, 0.717) is 5.88 Å². The van der Waals surface area contributed by atoms with Crippen molar-refractivity contribution < 1.29 is 9.15 Å². The maximum Gasteiger partial charge on any atom is 0.224 e. The van der Waals surface area contributed by atoms with Gasteiger partial charge in [-0.05, 0) is 26.1 Å². The highest BCUT2D eigenvalue weighted by Gasteiger charge is 2.09. The average molecular weight is 206 g/mol. The number of furan rings is 1. The molecule has 0 aliphatic carbocycles. The molecule has 4 nitrogen and oxygen atoms in total. The number of nitrogens with one attached hydrogen (secondary N) is 1. The van der Waals surface area contributed by atoms with Gasteiger partial charge in [0.05, 0.1) is 11.6 Å². The van der Waals surface area contributed by atoms with Crippen LogP contribution in [0, 0.1) is 0 Å². The summed E-state index contributed by atoms with van der Waals surface area (Å²) in [5.41, 5.74) is 0.802. The molecule has 0 aliphatic heterocycles. The Morgan fingerprint density at radius 1 is 1.53 bits per heavy atom. The molecule has 1 N–H and O–H groups in total. The fourth-order valence-electron chi connectivity index (χ4n) is 1.48. The van der Waals surface area contributed by atoms with Gasteiger partial charge >= 0.3 is 0 Å². The monoisotopic (exact) mass is 206 g/mol. The number of rotatable bonds is 4. The van der Waals surface area contributed by atoms with Gasteiger partial charge in [-0.2, -0.15) is 0 Å². The molecule has 1 atom stereocenters. The minimum Gasteiger partial charge on any atom is -0.473 e. The van der Waals surface area contributed by atoms with E-state index in [2.05, 4.69) is 10.3 Å². The maximum atomic E-state index is 5.69. The third kappa shape index (κ3) is 2.10. The molecular formula is C11H14N2O2. The van der Waals surface area contributed by atoms with Crippen molar-refractivity contribution in [2.75, 3.05) is 13.6 Å². The van der Waals surface area contributed by atoms with Gasteiger partial charge in [0.25, 0.3) is 0 Å². The maximum absolute atomic E-state index is 5.69. The molecule has 0 spiro atoms. The van der Waals surface area contributed by atoms with Crippen LogP contribution >= 0.6 is 0 Å². The smallest absolute Gasteiger partial charge is 0.224 e. The van der Waals surface area contributed by atoms with Crippen molar-refractivity contribution in [3.8, 4) is 5.88 Å². The van der Waals surface area contributed by atoms with E-state index in [4.69, 9.17) is 9.15 Å². The molecule has 0 saturated heterocycles. The Kier molecular flexibility index (Phi) is 2.87. The third-order valence-corrected chi connectivity index (χ3v) is 2.15. The normalized spacial score (nSPS) is 12.9. The van der Waals surface area contributed by atoms with Crippen molar-refractivity contribution in [1.29, 1.82) is 0 Å². The van der Waals surface area contributed by atoms with Crippen LogP contribution < -0.4 is 10.1 Å². The van der Waals surface area contributed by atoms with E-state index in [0.717, 1.165) is 17.5 Å². The summed E-state index contributed by atoms with van der Waals surface area (Å²) < 4.78 is 11.0. The van der Waals surface area contributed by atoms with Crippen LogP contribution in [0.3, 0.4) is 0 Å². The fraction of sp³-hybridized carbons (Fsp3) is 0.364. The van der Waals surface area contributed by atoms with Crippen molar-refractivity contribution in [3.05, 3.63) is 24.6 Å². The summed E-state index contributed by atoms with van der Waals surface area (Å²) in [5.74, 6) is 0.629. The Hall–Kier alpha value is -1.55. The lowest BCUT2D eigenvalue weighted by Crippen LogP contribution is -2.26. The number of ether oxygens (including phenoxy) is 1. The Bertz CT molecular complexity index is 439. The van der Waals surface area contributed by atoms with E-state index >= 15 is 0 Å². The van der Waals surface area contributed by atoms with Crippen LogP contribution in [0.25, 0.3) is 11.0 Å². The topological polar surface area (TPSA) is 47.3 Å². The van der Waals surface area contributed by atoms with Gasteiger partial charge in [0, 0.05) is 12.7 Å². The summed E-state index contributed by atoms with van der Waals surface area (Å²) in [6.45, 7) is 2.78. The van der Waals surface area contributed by atoms with E-state index in [-0.39, 0.29) is 6.10 Å². The Morgan fingerprint density at radius 2 is 2.40 bits per heavy atom. The van der Waals surface area contributed by atoms with E-state index in [1.807, 2.05) is 26.1 Å². The van der Waals surface area contributed by atoms with Crippen molar-refractivity contribution >= 4 is 11.0 Å².